The number of para-hydroxylation sites is 1. The predicted octanol–water partition coefficient (Wildman–Crippen LogP) is 2.97. The SMILES string of the molecule is CC(=O)c1cccc2nc(C(F)F)oc12. The Balaban J connectivity index is 2.70. The highest BCUT2D eigenvalue weighted by Gasteiger charge is 2.18. The Labute approximate surface area is 83.7 Å². The monoisotopic (exact) mass is 211 g/mol. The van der Waals surface area contributed by atoms with E-state index in [2.05, 4.69) is 4.98 Å². The van der Waals surface area contributed by atoms with Crippen molar-refractivity contribution < 1.29 is 18.0 Å². The van der Waals surface area contributed by atoms with Crippen LogP contribution in [0.25, 0.3) is 11.1 Å². The molecule has 15 heavy (non-hydrogen) atoms. The largest absolute Gasteiger partial charge is 0.434 e. The van der Waals surface area contributed by atoms with Crippen molar-refractivity contribution in [3.63, 3.8) is 0 Å². The van der Waals surface area contributed by atoms with Crippen LogP contribution in [-0.2, 0) is 0 Å². The maximum Gasteiger partial charge on any atom is 0.313 e. The molecule has 0 aliphatic rings. The third-order valence-corrected chi connectivity index (χ3v) is 2.00. The summed E-state index contributed by atoms with van der Waals surface area (Å²) in [5.74, 6) is -0.892. The molecule has 2 rings (SSSR count). The van der Waals surface area contributed by atoms with Gasteiger partial charge in [-0.15, -0.1) is 0 Å². The summed E-state index contributed by atoms with van der Waals surface area (Å²) < 4.78 is 29.4. The summed E-state index contributed by atoms with van der Waals surface area (Å²) in [4.78, 5) is 14.7. The van der Waals surface area contributed by atoms with Gasteiger partial charge in [0.25, 0.3) is 5.89 Å². The van der Waals surface area contributed by atoms with E-state index in [4.69, 9.17) is 4.42 Å². The normalized spacial score (nSPS) is 11.2. The van der Waals surface area contributed by atoms with Crippen LogP contribution >= 0.6 is 0 Å². The third kappa shape index (κ3) is 1.60. The van der Waals surface area contributed by atoms with Crippen LogP contribution in [0.5, 0.6) is 0 Å². The molecule has 0 N–H and O–H groups in total. The first-order chi connectivity index (χ1) is 7.09. The Morgan fingerprint density at radius 2 is 2.20 bits per heavy atom. The number of nitrogens with zero attached hydrogens (tertiary/aromatic N) is 1. The van der Waals surface area contributed by atoms with E-state index in [1.165, 1.54) is 19.1 Å². The van der Waals surface area contributed by atoms with Crippen molar-refractivity contribution in [2.24, 2.45) is 0 Å². The van der Waals surface area contributed by atoms with Crippen LogP contribution in [0, 0.1) is 0 Å². The van der Waals surface area contributed by atoms with Gasteiger partial charge in [0.1, 0.15) is 5.52 Å². The average Bonchev–Trinajstić information content (AvgIpc) is 2.60. The van der Waals surface area contributed by atoms with Crippen LogP contribution < -0.4 is 0 Å². The summed E-state index contributed by atoms with van der Waals surface area (Å²) in [6.45, 7) is 1.35. The first-order valence-electron chi connectivity index (χ1n) is 4.28. The molecule has 0 bridgehead atoms. The minimum atomic E-state index is -2.77. The minimum absolute atomic E-state index is 0.125. The average molecular weight is 211 g/mol. The van der Waals surface area contributed by atoms with Crippen LogP contribution in [-0.4, -0.2) is 10.8 Å². The first-order valence-corrected chi connectivity index (χ1v) is 4.28. The molecule has 0 atom stereocenters. The number of benzene rings is 1. The predicted molar refractivity (Wildman–Crippen MR) is 49.0 cm³/mol. The number of Topliss-reactive ketones (excluding diaryl/α,β-unsaturated/α-hetero) is 1. The van der Waals surface area contributed by atoms with Crippen molar-refractivity contribution in [3.05, 3.63) is 29.7 Å². The highest BCUT2D eigenvalue weighted by Crippen LogP contribution is 2.25. The molecule has 78 valence electrons. The fraction of sp³-hybridized carbons (Fsp3) is 0.200. The van der Waals surface area contributed by atoms with Gasteiger partial charge < -0.3 is 4.42 Å². The lowest BCUT2D eigenvalue weighted by Crippen LogP contribution is -1.91. The van der Waals surface area contributed by atoms with Gasteiger partial charge in [-0.2, -0.15) is 8.78 Å². The number of aromatic nitrogens is 1. The molecule has 0 aliphatic heterocycles. The Bertz CT molecular complexity index is 519. The zero-order valence-electron chi connectivity index (χ0n) is 7.83. The van der Waals surface area contributed by atoms with Crippen molar-refractivity contribution in [2.45, 2.75) is 13.3 Å². The molecular formula is C10H7F2NO2. The number of carbonyl (C=O) groups excluding carboxylic acids is 1. The highest BCUT2D eigenvalue weighted by atomic mass is 19.3. The van der Waals surface area contributed by atoms with Gasteiger partial charge in [-0.1, -0.05) is 6.07 Å². The third-order valence-electron chi connectivity index (χ3n) is 2.00. The molecule has 0 radical (unpaired) electrons. The van der Waals surface area contributed by atoms with Gasteiger partial charge in [0.05, 0.1) is 5.56 Å². The topological polar surface area (TPSA) is 43.1 Å². The maximum atomic E-state index is 12.3. The summed E-state index contributed by atoms with van der Waals surface area (Å²) in [5, 5.41) is 0. The van der Waals surface area contributed by atoms with Gasteiger partial charge in [-0.05, 0) is 19.1 Å². The molecule has 0 amide bonds. The van der Waals surface area contributed by atoms with E-state index in [1.807, 2.05) is 0 Å². The second-order valence-electron chi connectivity index (χ2n) is 3.06. The molecule has 2 aromatic rings. The molecule has 0 saturated carbocycles. The van der Waals surface area contributed by atoms with E-state index in [1.54, 1.807) is 6.07 Å². The lowest BCUT2D eigenvalue weighted by Gasteiger charge is -1.94. The molecule has 1 heterocycles. The zero-order valence-corrected chi connectivity index (χ0v) is 7.83. The van der Waals surface area contributed by atoms with E-state index in [9.17, 15) is 13.6 Å². The minimum Gasteiger partial charge on any atom is -0.434 e. The molecule has 0 spiro atoms. The maximum absolute atomic E-state index is 12.3. The number of alkyl halides is 2. The molecule has 0 unspecified atom stereocenters. The molecular weight excluding hydrogens is 204 g/mol. The molecule has 1 aromatic carbocycles. The van der Waals surface area contributed by atoms with Crippen LogP contribution in [0.15, 0.2) is 22.6 Å². The second kappa shape index (κ2) is 3.42. The van der Waals surface area contributed by atoms with E-state index in [0.29, 0.717) is 0 Å². The Morgan fingerprint density at radius 1 is 1.47 bits per heavy atom. The number of oxazole rings is 1. The fourth-order valence-corrected chi connectivity index (χ4v) is 1.34. The van der Waals surface area contributed by atoms with Gasteiger partial charge in [-0.3, -0.25) is 4.79 Å². The fourth-order valence-electron chi connectivity index (χ4n) is 1.34. The smallest absolute Gasteiger partial charge is 0.313 e. The lowest BCUT2D eigenvalue weighted by molar-refractivity contribution is 0.101. The Hall–Kier alpha value is -1.78. The summed E-state index contributed by atoms with van der Waals surface area (Å²) in [6, 6.07) is 4.62. The Morgan fingerprint density at radius 3 is 2.80 bits per heavy atom. The number of hydrogen-bond donors (Lipinski definition) is 0. The summed E-state index contributed by atoms with van der Waals surface area (Å²) >= 11 is 0. The summed E-state index contributed by atoms with van der Waals surface area (Å²) in [6.07, 6.45) is -2.77. The summed E-state index contributed by atoms with van der Waals surface area (Å²) in [7, 11) is 0. The van der Waals surface area contributed by atoms with Crippen molar-refractivity contribution in [1.82, 2.24) is 4.98 Å². The molecule has 0 saturated heterocycles. The van der Waals surface area contributed by atoms with Crippen molar-refractivity contribution in [1.29, 1.82) is 0 Å². The lowest BCUT2D eigenvalue weighted by atomic mass is 10.1. The van der Waals surface area contributed by atoms with Gasteiger partial charge in [-0.25, -0.2) is 4.98 Å². The molecule has 0 aliphatic carbocycles. The Kier molecular flexibility index (Phi) is 2.22. The zero-order chi connectivity index (χ0) is 11.0. The van der Waals surface area contributed by atoms with Crippen LogP contribution in [0.3, 0.4) is 0 Å². The van der Waals surface area contributed by atoms with Crippen molar-refractivity contribution in [2.75, 3.05) is 0 Å². The van der Waals surface area contributed by atoms with Gasteiger partial charge >= 0.3 is 6.43 Å². The number of ketones is 1. The van der Waals surface area contributed by atoms with Gasteiger partial charge in [0.15, 0.2) is 11.4 Å². The quantitative estimate of drug-likeness (QED) is 0.717. The van der Waals surface area contributed by atoms with E-state index in [-0.39, 0.29) is 22.4 Å². The van der Waals surface area contributed by atoms with E-state index < -0.39 is 12.3 Å². The van der Waals surface area contributed by atoms with Crippen LogP contribution in [0.2, 0.25) is 0 Å². The molecule has 1 aromatic heterocycles. The standard InChI is InChI=1S/C10H7F2NO2/c1-5(14)6-3-2-4-7-8(6)15-10(13-7)9(11)12/h2-4,9H,1H3. The number of hydrogen-bond acceptors (Lipinski definition) is 3. The van der Waals surface area contributed by atoms with E-state index in [0.717, 1.165) is 0 Å². The van der Waals surface area contributed by atoms with Gasteiger partial charge in [0.2, 0.25) is 0 Å². The van der Waals surface area contributed by atoms with Crippen LogP contribution in [0.1, 0.15) is 29.6 Å². The number of fused-ring (bicyclic) bond motifs is 1. The number of rotatable bonds is 2. The summed E-state index contributed by atoms with van der Waals surface area (Å²) in [5.41, 5.74) is 0.671. The van der Waals surface area contributed by atoms with Crippen molar-refractivity contribution in [3.8, 4) is 0 Å². The van der Waals surface area contributed by atoms with Gasteiger partial charge in [0, 0.05) is 0 Å². The molecule has 0 fully saturated rings. The highest BCUT2D eigenvalue weighted by molar-refractivity contribution is 6.03. The van der Waals surface area contributed by atoms with E-state index >= 15 is 0 Å². The number of halogens is 2. The molecule has 3 nitrogen and oxygen atoms in total. The first kappa shape index (κ1) is 9.76. The van der Waals surface area contributed by atoms with Crippen LogP contribution in [0.4, 0.5) is 8.78 Å². The van der Waals surface area contributed by atoms with Crippen molar-refractivity contribution >= 4 is 16.9 Å². The molecule has 5 heteroatoms. The number of carbonyl (C=O) groups is 1. The second-order valence-corrected chi connectivity index (χ2v) is 3.06.